The molecule has 0 radical (unpaired) electrons. The number of amides is 3. The lowest BCUT2D eigenvalue weighted by atomic mass is 9.94. The molecule has 3 aromatic rings. The normalized spacial score (nSPS) is 19.3. The largest absolute Gasteiger partial charge is 0.383 e. The van der Waals surface area contributed by atoms with Crippen molar-refractivity contribution < 1.29 is 27.8 Å². The number of benzene rings is 2. The topological polar surface area (TPSA) is 101 Å². The maximum atomic E-state index is 14.1. The van der Waals surface area contributed by atoms with Crippen molar-refractivity contribution in [2.45, 2.75) is 44.4 Å². The number of urea groups is 1. The molecule has 236 valence electrons. The van der Waals surface area contributed by atoms with Crippen LogP contribution in [0, 0.1) is 11.6 Å². The number of piperidine rings is 1. The number of likely N-dealkylation sites (tertiary alicyclic amines) is 2. The molecule has 0 aliphatic carbocycles. The van der Waals surface area contributed by atoms with Gasteiger partial charge in [0.05, 0.1) is 35.5 Å². The zero-order chi connectivity index (χ0) is 31.2. The number of carbonyl (C=O) groups is 2. The van der Waals surface area contributed by atoms with Crippen molar-refractivity contribution in [2.24, 2.45) is 0 Å². The van der Waals surface area contributed by atoms with E-state index in [0.717, 1.165) is 24.6 Å². The lowest BCUT2D eigenvalue weighted by Crippen LogP contribution is -2.42. The second-order valence-electron chi connectivity index (χ2n) is 11.1. The Morgan fingerprint density at radius 2 is 1.82 bits per heavy atom. The average molecular weight is 676 g/mol. The molecular formula is C31H37BrF2N6O4. The summed E-state index contributed by atoms with van der Waals surface area (Å²) >= 11 is 3.64. The molecule has 2 saturated heterocycles. The molecule has 10 nitrogen and oxygen atoms in total. The van der Waals surface area contributed by atoms with Gasteiger partial charge in [-0.15, -0.1) is 0 Å². The highest BCUT2D eigenvalue weighted by molar-refractivity contribution is 9.10. The Morgan fingerprint density at radius 1 is 1.07 bits per heavy atom. The van der Waals surface area contributed by atoms with E-state index in [1.54, 1.807) is 24.8 Å². The molecule has 3 heterocycles. The van der Waals surface area contributed by atoms with Crippen molar-refractivity contribution in [1.29, 1.82) is 0 Å². The Kier molecular flexibility index (Phi) is 10.6. The van der Waals surface area contributed by atoms with E-state index >= 15 is 0 Å². The van der Waals surface area contributed by atoms with E-state index in [1.165, 1.54) is 6.07 Å². The van der Waals surface area contributed by atoms with Gasteiger partial charge in [0, 0.05) is 52.7 Å². The van der Waals surface area contributed by atoms with Gasteiger partial charge in [0.25, 0.3) is 0 Å². The van der Waals surface area contributed by atoms with Gasteiger partial charge in [-0.3, -0.25) is 15.0 Å². The summed E-state index contributed by atoms with van der Waals surface area (Å²) in [4.78, 5) is 29.1. The van der Waals surface area contributed by atoms with Crippen LogP contribution in [0.15, 0.2) is 53.0 Å². The van der Waals surface area contributed by atoms with Crippen molar-refractivity contribution in [3.8, 4) is 5.69 Å². The van der Waals surface area contributed by atoms with Crippen LogP contribution in [0.5, 0.6) is 0 Å². The zero-order valence-corrected chi connectivity index (χ0v) is 26.4. The Bertz CT molecular complexity index is 1450. The van der Waals surface area contributed by atoms with Gasteiger partial charge in [-0.25, -0.2) is 18.3 Å². The Labute approximate surface area is 263 Å². The highest BCUT2D eigenvalue weighted by atomic mass is 79.9. The average Bonchev–Trinajstić information content (AvgIpc) is 3.56. The van der Waals surface area contributed by atoms with Crippen LogP contribution in [0.1, 0.15) is 36.9 Å². The van der Waals surface area contributed by atoms with Crippen LogP contribution in [0.4, 0.5) is 19.4 Å². The first-order chi connectivity index (χ1) is 21.2. The summed E-state index contributed by atoms with van der Waals surface area (Å²) in [6.45, 7) is 5.32. The second-order valence-corrected chi connectivity index (χ2v) is 11.9. The van der Waals surface area contributed by atoms with E-state index in [-0.39, 0.29) is 30.6 Å². The summed E-state index contributed by atoms with van der Waals surface area (Å²) in [5, 5.41) is 10.8. The predicted octanol–water partition coefficient (Wildman–Crippen LogP) is 4.68. The summed E-state index contributed by atoms with van der Waals surface area (Å²) in [5.74, 6) is -1.59. The number of aromatic nitrogens is 2. The van der Waals surface area contributed by atoms with Crippen LogP contribution in [0.25, 0.3) is 5.69 Å². The molecule has 0 spiro atoms. The summed E-state index contributed by atoms with van der Waals surface area (Å²) in [6.07, 6.45) is 1.48. The molecule has 0 bridgehead atoms. The molecule has 2 atom stereocenters. The Morgan fingerprint density at radius 3 is 2.50 bits per heavy atom. The van der Waals surface area contributed by atoms with Crippen molar-refractivity contribution in [3.05, 3.63) is 75.9 Å². The number of methoxy groups -OCH3 is 1. The molecule has 2 fully saturated rings. The van der Waals surface area contributed by atoms with Crippen molar-refractivity contribution >= 4 is 33.7 Å². The van der Waals surface area contributed by atoms with Crippen LogP contribution in [0.3, 0.4) is 0 Å². The fourth-order valence-corrected chi connectivity index (χ4v) is 6.22. The first-order valence-electron chi connectivity index (χ1n) is 14.7. The Hall–Kier alpha value is -3.39. The number of rotatable bonds is 10. The number of nitrogens with one attached hydrogen (secondary N) is 2. The molecule has 0 saturated carbocycles. The van der Waals surface area contributed by atoms with Gasteiger partial charge < -0.3 is 19.7 Å². The number of hydrogen-bond donors (Lipinski definition) is 2. The lowest BCUT2D eigenvalue weighted by molar-refractivity contribution is -0.131. The van der Waals surface area contributed by atoms with E-state index in [0.29, 0.717) is 60.9 Å². The first kappa shape index (κ1) is 32.0. The van der Waals surface area contributed by atoms with E-state index < -0.39 is 17.7 Å². The molecule has 13 heteroatoms. The zero-order valence-electron chi connectivity index (χ0n) is 24.8. The standard InChI is InChI=1S/C31H37BrF2N6O4/c1-20(41)39-12-10-23(11-13-39)44-19-28-29(32)30(40(37-28)22-6-4-3-5-7-22)36-31(42)35-27-18-38(14-15-43-2)17-24(27)21-8-9-25(33)26(34)16-21/h3-9,16,23-24,27H,10-15,17-19H2,1-2H3,(H2,35,36,42). The molecule has 2 unspecified atom stereocenters. The molecule has 3 amide bonds. The fourth-order valence-electron chi connectivity index (χ4n) is 5.76. The molecule has 5 rings (SSSR count). The van der Waals surface area contributed by atoms with E-state index in [9.17, 15) is 18.4 Å². The monoisotopic (exact) mass is 674 g/mol. The van der Waals surface area contributed by atoms with Crippen LogP contribution < -0.4 is 10.6 Å². The van der Waals surface area contributed by atoms with Gasteiger partial charge in [0.2, 0.25) is 5.91 Å². The highest BCUT2D eigenvalue weighted by Crippen LogP contribution is 2.32. The first-order valence-corrected chi connectivity index (χ1v) is 15.5. The minimum Gasteiger partial charge on any atom is -0.383 e. The number of anilines is 1. The highest BCUT2D eigenvalue weighted by Gasteiger charge is 2.35. The number of nitrogens with zero attached hydrogens (tertiary/aromatic N) is 4. The third-order valence-electron chi connectivity index (χ3n) is 8.16. The van der Waals surface area contributed by atoms with Gasteiger partial charge in [-0.05, 0) is 58.6 Å². The maximum absolute atomic E-state index is 14.1. The molecule has 2 aromatic carbocycles. The van der Waals surface area contributed by atoms with Gasteiger partial charge in [-0.2, -0.15) is 5.10 Å². The summed E-state index contributed by atoms with van der Waals surface area (Å²) in [6, 6.07) is 12.5. The minimum absolute atomic E-state index is 0.00395. The van der Waals surface area contributed by atoms with Crippen LogP contribution in [-0.4, -0.2) is 90.1 Å². The van der Waals surface area contributed by atoms with Crippen molar-refractivity contribution in [2.75, 3.05) is 51.8 Å². The van der Waals surface area contributed by atoms with Crippen LogP contribution in [-0.2, 0) is 20.9 Å². The quantitative estimate of drug-likeness (QED) is 0.324. The fraction of sp³-hybridized carbons (Fsp3) is 0.452. The molecule has 44 heavy (non-hydrogen) atoms. The van der Waals surface area contributed by atoms with E-state index in [2.05, 4.69) is 31.5 Å². The Balaban J connectivity index is 1.32. The minimum atomic E-state index is -0.920. The number of halogens is 3. The number of carbonyl (C=O) groups excluding carboxylic acids is 2. The van der Waals surface area contributed by atoms with Crippen molar-refractivity contribution in [3.63, 3.8) is 0 Å². The summed E-state index contributed by atoms with van der Waals surface area (Å²) < 4.78 is 41.5. The van der Waals surface area contributed by atoms with Gasteiger partial charge >= 0.3 is 6.03 Å². The molecule has 2 aliphatic rings. The van der Waals surface area contributed by atoms with Gasteiger partial charge in [0.1, 0.15) is 5.69 Å². The van der Waals surface area contributed by atoms with E-state index in [1.807, 2.05) is 35.2 Å². The van der Waals surface area contributed by atoms with Crippen LogP contribution in [0.2, 0.25) is 0 Å². The summed E-state index contributed by atoms with van der Waals surface area (Å²) in [7, 11) is 1.62. The predicted molar refractivity (Wildman–Crippen MR) is 165 cm³/mol. The number of para-hydroxylation sites is 1. The lowest BCUT2D eigenvalue weighted by Gasteiger charge is -2.31. The number of hydrogen-bond acceptors (Lipinski definition) is 6. The van der Waals surface area contributed by atoms with Gasteiger partial charge in [-0.1, -0.05) is 24.3 Å². The molecular weight excluding hydrogens is 638 g/mol. The van der Waals surface area contributed by atoms with Crippen LogP contribution >= 0.6 is 15.9 Å². The third kappa shape index (κ3) is 7.63. The molecule has 2 aliphatic heterocycles. The second kappa shape index (κ2) is 14.6. The smallest absolute Gasteiger partial charge is 0.320 e. The molecule has 2 N–H and O–H groups in total. The summed E-state index contributed by atoms with van der Waals surface area (Å²) in [5.41, 5.74) is 1.97. The SMILES string of the molecule is COCCN1CC(NC(=O)Nc2c(Br)c(COC3CCN(C(C)=O)CC3)nn2-c2ccccc2)C(c2ccc(F)c(F)c2)C1. The van der Waals surface area contributed by atoms with Crippen molar-refractivity contribution in [1.82, 2.24) is 24.9 Å². The molecule has 1 aromatic heterocycles. The van der Waals surface area contributed by atoms with Gasteiger partial charge in [0.15, 0.2) is 17.5 Å². The van der Waals surface area contributed by atoms with E-state index in [4.69, 9.17) is 14.6 Å². The maximum Gasteiger partial charge on any atom is 0.320 e. The number of ether oxygens (including phenoxy) is 2. The third-order valence-corrected chi connectivity index (χ3v) is 9.00.